The predicted octanol–water partition coefficient (Wildman–Crippen LogP) is 3.25. The van der Waals surface area contributed by atoms with E-state index >= 15 is 0 Å². The highest BCUT2D eigenvalue weighted by Crippen LogP contribution is 2.29. The van der Waals surface area contributed by atoms with Crippen LogP contribution in [0.3, 0.4) is 0 Å². The highest BCUT2D eigenvalue weighted by Gasteiger charge is 2.18. The monoisotopic (exact) mass is 342 g/mol. The molecule has 2 rings (SSSR count). The Bertz CT molecular complexity index is 700. The molecule has 122 valence electrons. The highest BCUT2D eigenvalue weighted by molar-refractivity contribution is 6.30. The first-order valence-corrected chi connectivity index (χ1v) is 6.81. The van der Waals surface area contributed by atoms with Crippen molar-refractivity contribution in [2.45, 2.75) is 13.0 Å². The molecule has 0 atom stereocenters. The van der Waals surface area contributed by atoms with Gasteiger partial charge in [0.05, 0.1) is 0 Å². The summed E-state index contributed by atoms with van der Waals surface area (Å²) in [6, 6.07) is 6.38. The molecule has 1 aromatic heterocycles. The van der Waals surface area contributed by atoms with Gasteiger partial charge in [0.25, 0.3) is 6.43 Å². The maximum Gasteiger partial charge on any atom is 0.333 e. The Hall–Kier alpha value is -2.45. The normalized spacial score (nSPS) is 10.5. The van der Waals surface area contributed by atoms with Crippen molar-refractivity contribution in [2.24, 2.45) is 5.84 Å². The molecule has 1 heterocycles. The second kappa shape index (κ2) is 7.70. The molecule has 0 spiro atoms. The fourth-order valence-corrected chi connectivity index (χ4v) is 2.01. The van der Waals surface area contributed by atoms with Crippen LogP contribution in [0.1, 0.15) is 17.6 Å². The van der Waals surface area contributed by atoms with E-state index in [0.717, 1.165) is 0 Å². The number of carbonyl (C=O) groups excluding carboxylic acids is 1. The number of nitrogens with one attached hydrogen (secondary N) is 2. The number of nitrogens with two attached hydrogens (primary N) is 1. The minimum Gasteiger partial charge on any atom is -0.473 e. The van der Waals surface area contributed by atoms with Gasteiger partial charge in [-0.25, -0.2) is 24.4 Å². The number of carbonyl (C=O) groups is 1. The second-order valence-electron chi connectivity index (χ2n) is 4.37. The minimum absolute atomic E-state index is 0.118. The van der Waals surface area contributed by atoms with Crippen LogP contribution in [-0.4, -0.2) is 11.0 Å². The van der Waals surface area contributed by atoms with E-state index in [1.807, 2.05) is 5.43 Å². The SMILES string of the molecule is NNC(=O)Nc1cccc(C(F)F)c1COc1cc(Cl)ccn1. The van der Waals surface area contributed by atoms with Crippen LogP contribution >= 0.6 is 11.6 Å². The van der Waals surface area contributed by atoms with Crippen molar-refractivity contribution in [3.05, 3.63) is 52.7 Å². The molecule has 6 nitrogen and oxygen atoms in total. The summed E-state index contributed by atoms with van der Waals surface area (Å²) >= 11 is 5.81. The molecule has 2 amide bonds. The van der Waals surface area contributed by atoms with E-state index in [1.165, 1.54) is 30.5 Å². The topological polar surface area (TPSA) is 89.3 Å². The van der Waals surface area contributed by atoms with Crippen molar-refractivity contribution in [2.75, 3.05) is 5.32 Å². The van der Waals surface area contributed by atoms with Crippen LogP contribution in [-0.2, 0) is 6.61 Å². The van der Waals surface area contributed by atoms with Gasteiger partial charge in [0, 0.05) is 34.1 Å². The van der Waals surface area contributed by atoms with Crippen LogP contribution in [0.2, 0.25) is 5.02 Å². The van der Waals surface area contributed by atoms with Crippen LogP contribution in [0.5, 0.6) is 5.88 Å². The van der Waals surface area contributed by atoms with Gasteiger partial charge in [-0.3, -0.25) is 5.43 Å². The van der Waals surface area contributed by atoms with Gasteiger partial charge in [0.2, 0.25) is 5.88 Å². The fourth-order valence-electron chi connectivity index (χ4n) is 1.86. The Morgan fingerprint density at radius 2 is 2.17 bits per heavy atom. The average Bonchev–Trinajstić information content (AvgIpc) is 2.53. The number of anilines is 1. The van der Waals surface area contributed by atoms with Crippen molar-refractivity contribution in [1.82, 2.24) is 10.4 Å². The van der Waals surface area contributed by atoms with Crippen molar-refractivity contribution in [3.63, 3.8) is 0 Å². The second-order valence-corrected chi connectivity index (χ2v) is 4.81. The van der Waals surface area contributed by atoms with E-state index < -0.39 is 12.5 Å². The number of benzene rings is 1. The molecule has 4 N–H and O–H groups in total. The number of aromatic nitrogens is 1. The molecule has 0 unspecified atom stereocenters. The van der Waals surface area contributed by atoms with Crippen LogP contribution in [0.25, 0.3) is 0 Å². The molecule has 0 aliphatic rings. The summed E-state index contributed by atoms with van der Waals surface area (Å²) in [6.07, 6.45) is -1.30. The molecule has 23 heavy (non-hydrogen) atoms. The first kappa shape index (κ1) is 16.9. The zero-order valence-corrected chi connectivity index (χ0v) is 12.5. The number of alkyl halides is 2. The van der Waals surface area contributed by atoms with Crippen molar-refractivity contribution < 1.29 is 18.3 Å². The van der Waals surface area contributed by atoms with Crippen molar-refractivity contribution >= 4 is 23.3 Å². The zero-order valence-electron chi connectivity index (χ0n) is 11.7. The number of amides is 2. The van der Waals surface area contributed by atoms with E-state index in [0.29, 0.717) is 5.02 Å². The largest absolute Gasteiger partial charge is 0.473 e. The summed E-state index contributed by atoms with van der Waals surface area (Å²) in [7, 11) is 0. The number of pyridine rings is 1. The molecule has 0 saturated carbocycles. The lowest BCUT2D eigenvalue weighted by Crippen LogP contribution is -2.34. The number of hydrogen-bond donors (Lipinski definition) is 3. The molecule has 0 aliphatic heterocycles. The summed E-state index contributed by atoms with van der Waals surface area (Å²) in [5, 5.41) is 2.77. The molecular weight excluding hydrogens is 330 g/mol. The summed E-state index contributed by atoms with van der Waals surface area (Å²) in [6.45, 7) is -0.228. The fraction of sp³-hybridized carbons (Fsp3) is 0.143. The summed E-state index contributed by atoms with van der Waals surface area (Å²) < 4.78 is 31.7. The highest BCUT2D eigenvalue weighted by atomic mass is 35.5. The van der Waals surface area contributed by atoms with Gasteiger partial charge in [-0.1, -0.05) is 23.7 Å². The number of nitrogens with zero attached hydrogens (tertiary/aromatic N) is 1. The summed E-state index contributed by atoms with van der Waals surface area (Å²) in [4.78, 5) is 15.3. The predicted molar refractivity (Wildman–Crippen MR) is 81.3 cm³/mol. The van der Waals surface area contributed by atoms with E-state index in [9.17, 15) is 13.6 Å². The van der Waals surface area contributed by atoms with Crippen molar-refractivity contribution in [1.29, 1.82) is 0 Å². The van der Waals surface area contributed by atoms with Gasteiger partial charge < -0.3 is 10.1 Å². The van der Waals surface area contributed by atoms with Crippen LogP contribution < -0.4 is 21.3 Å². The van der Waals surface area contributed by atoms with Gasteiger partial charge in [0.1, 0.15) is 6.61 Å². The first-order valence-electron chi connectivity index (χ1n) is 6.43. The number of rotatable bonds is 5. The standard InChI is InChI=1S/C14H13ClF2N4O2/c15-8-4-5-19-12(6-8)23-7-10-9(13(16)17)2-1-3-11(10)20-14(22)21-18/h1-6,13H,7,18H2,(H2,20,21,22). The van der Waals surface area contributed by atoms with Gasteiger partial charge in [-0.2, -0.15) is 0 Å². The number of urea groups is 1. The third-order valence-corrected chi connectivity index (χ3v) is 3.12. The first-order chi connectivity index (χ1) is 11.0. The van der Waals surface area contributed by atoms with E-state index in [2.05, 4.69) is 10.3 Å². The lowest BCUT2D eigenvalue weighted by molar-refractivity contribution is 0.148. The summed E-state index contributed by atoms with van der Waals surface area (Å²) in [5.41, 5.74) is 1.88. The van der Waals surface area contributed by atoms with Gasteiger partial charge in [-0.15, -0.1) is 0 Å². The Labute approximate surface area is 135 Å². The molecule has 1 aromatic carbocycles. The molecule has 0 fully saturated rings. The average molecular weight is 343 g/mol. The van der Waals surface area contributed by atoms with Crippen LogP contribution in [0.4, 0.5) is 19.3 Å². The molecule has 9 heteroatoms. The molecule has 0 saturated heterocycles. The Morgan fingerprint density at radius 1 is 1.39 bits per heavy atom. The van der Waals surface area contributed by atoms with E-state index in [1.54, 1.807) is 6.07 Å². The Balaban J connectivity index is 2.28. The van der Waals surface area contributed by atoms with Gasteiger partial charge in [0.15, 0.2) is 0 Å². The van der Waals surface area contributed by atoms with E-state index in [4.69, 9.17) is 22.2 Å². The third kappa shape index (κ3) is 4.51. The third-order valence-electron chi connectivity index (χ3n) is 2.89. The molecule has 0 aliphatic carbocycles. The van der Waals surface area contributed by atoms with Crippen LogP contribution in [0, 0.1) is 0 Å². The molecular formula is C14H13ClF2N4O2. The lowest BCUT2D eigenvalue weighted by atomic mass is 10.1. The molecule has 2 aromatic rings. The van der Waals surface area contributed by atoms with Crippen LogP contribution in [0.15, 0.2) is 36.5 Å². The number of ether oxygens (including phenoxy) is 1. The maximum atomic E-state index is 13.2. The van der Waals surface area contributed by atoms with Gasteiger partial charge >= 0.3 is 6.03 Å². The number of hydrazine groups is 1. The Morgan fingerprint density at radius 3 is 2.83 bits per heavy atom. The summed E-state index contributed by atoms with van der Waals surface area (Å²) in [5.74, 6) is 5.16. The Kier molecular flexibility index (Phi) is 5.67. The number of hydrogen-bond acceptors (Lipinski definition) is 4. The van der Waals surface area contributed by atoms with E-state index in [-0.39, 0.29) is 29.3 Å². The van der Waals surface area contributed by atoms with Crippen molar-refractivity contribution in [3.8, 4) is 5.88 Å². The lowest BCUT2D eigenvalue weighted by Gasteiger charge is -2.15. The zero-order chi connectivity index (χ0) is 16.8. The van der Waals surface area contributed by atoms with Gasteiger partial charge in [-0.05, 0) is 12.1 Å². The molecule has 0 radical (unpaired) electrons. The molecule has 0 bridgehead atoms. The number of halogens is 3. The smallest absolute Gasteiger partial charge is 0.333 e. The maximum absolute atomic E-state index is 13.2. The quantitative estimate of drug-likeness (QED) is 0.442. The minimum atomic E-state index is -2.73.